The Morgan fingerprint density at radius 2 is 1.62 bits per heavy atom. The number of carbonyl (C=O) groups is 1. The number of halogens is 2. The zero-order chi connectivity index (χ0) is 19.4. The predicted octanol–water partition coefficient (Wildman–Crippen LogP) is 7.38. The van der Waals surface area contributed by atoms with Crippen molar-refractivity contribution in [3.05, 3.63) is 42.0 Å². The lowest BCUT2D eigenvalue weighted by Crippen LogP contribution is -2.08. The molecule has 1 rings (SSSR count). The van der Waals surface area contributed by atoms with Gasteiger partial charge in [-0.3, -0.25) is 0 Å². The molecule has 0 aliphatic carbocycles. The van der Waals surface area contributed by atoms with Crippen molar-refractivity contribution in [3.8, 4) is 5.75 Å². The van der Waals surface area contributed by atoms with E-state index in [4.69, 9.17) is 4.74 Å². The van der Waals surface area contributed by atoms with Gasteiger partial charge in [-0.1, -0.05) is 89.6 Å². The number of hydrogen-bond acceptors (Lipinski definition) is 2. The van der Waals surface area contributed by atoms with Crippen LogP contribution in [0.5, 0.6) is 5.75 Å². The zero-order valence-corrected chi connectivity index (χ0v) is 19.3. The van der Waals surface area contributed by atoms with Crippen molar-refractivity contribution >= 4 is 37.8 Å². The number of ether oxygens (including phenoxy) is 1. The highest BCUT2D eigenvalue weighted by Gasteiger charge is 2.10. The molecule has 0 aliphatic heterocycles. The summed E-state index contributed by atoms with van der Waals surface area (Å²) in [5.41, 5.74) is 1.65. The van der Waals surface area contributed by atoms with E-state index in [1.165, 1.54) is 56.9 Å². The molecule has 4 heteroatoms. The molecular formula is C22H32Br2O2. The first kappa shape index (κ1) is 23.4. The number of unbranched alkanes of at least 4 members (excludes halogenated alkanes) is 3. The first-order valence-electron chi connectivity index (χ1n) is 9.67. The second kappa shape index (κ2) is 13.5. The minimum absolute atomic E-state index is 0.380. The van der Waals surface area contributed by atoms with Gasteiger partial charge in [-0.05, 0) is 50.3 Å². The summed E-state index contributed by atoms with van der Waals surface area (Å²) in [6.07, 6.45) is 11.3. The normalized spacial score (nSPS) is 13.2. The lowest BCUT2D eigenvalue weighted by molar-refractivity contribution is -0.130. The van der Waals surface area contributed by atoms with Crippen LogP contribution in [0.3, 0.4) is 0 Å². The van der Waals surface area contributed by atoms with Crippen LogP contribution in [0.25, 0.3) is 0 Å². The molecule has 0 heterocycles. The molecule has 0 fully saturated rings. The molecule has 2 nitrogen and oxygen atoms in total. The van der Waals surface area contributed by atoms with Crippen molar-refractivity contribution < 1.29 is 9.53 Å². The van der Waals surface area contributed by atoms with Crippen LogP contribution in [0.15, 0.2) is 36.4 Å². The van der Waals surface area contributed by atoms with Gasteiger partial charge in [0.1, 0.15) is 5.75 Å². The van der Waals surface area contributed by atoms with Gasteiger partial charge in [-0.2, -0.15) is 0 Å². The Morgan fingerprint density at radius 3 is 2.23 bits per heavy atom. The second-order valence-electron chi connectivity index (χ2n) is 6.99. The Hall–Kier alpha value is -0.610. The Morgan fingerprint density at radius 1 is 1.00 bits per heavy atom. The SMILES string of the molecule is C=C(C)C(=O)Oc1ccc(CC(Br)CCCC(Br)CCCCCC)cc1. The summed E-state index contributed by atoms with van der Waals surface area (Å²) < 4.78 is 5.22. The molecule has 2 atom stereocenters. The fourth-order valence-corrected chi connectivity index (χ4v) is 4.09. The van der Waals surface area contributed by atoms with Gasteiger partial charge in [-0.15, -0.1) is 0 Å². The Labute approximate surface area is 176 Å². The van der Waals surface area contributed by atoms with Gasteiger partial charge in [0.2, 0.25) is 0 Å². The van der Waals surface area contributed by atoms with Crippen LogP contribution in [-0.4, -0.2) is 15.6 Å². The summed E-state index contributed by atoms with van der Waals surface area (Å²) in [5.74, 6) is 0.188. The van der Waals surface area contributed by atoms with E-state index in [0.717, 1.165) is 6.42 Å². The summed E-state index contributed by atoms with van der Waals surface area (Å²) in [6, 6.07) is 7.74. The number of hydrogen-bond donors (Lipinski definition) is 0. The fraction of sp³-hybridized carbons (Fsp3) is 0.591. The Kier molecular flexibility index (Phi) is 12.2. The highest BCUT2D eigenvalue weighted by molar-refractivity contribution is 9.09. The molecule has 0 spiro atoms. The van der Waals surface area contributed by atoms with Crippen LogP contribution < -0.4 is 4.74 Å². The summed E-state index contributed by atoms with van der Waals surface area (Å²) in [4.78, 5) is 12.6. The van der Waals surface area contributed by atoms with Gasteiger partial charge in [-0.25, -0.2) is 4.79 Å². The van der Waals surface area contributed by atoms with Crippen molar-refractivity contribution in [1.82, 2.24) is 0 Å². The number of carbonyl (C=O) groups excluding carboxylic acids is 1. The lowest BCUT2D eigenvalue weighted by Gasteiger charge is -2.13. The van der Waals surface area contributed by atoms with Crippen LogP contribution >= 0.6 is 31.9 Å². The van der Waals surface area contributed by atoms with Crippen molar-refractivity contribution in [3.63, 3.8) is 0 Å². The van der Waals surface area contributed by atoms with Gasteiger partial charge in [0.15, 0.2) is 0 Å². The molecule has 0 saturated heterocycles. The fourth-order valence-electron chi connectivity index (χ4n) is 2.74. The first-order chi connectivity index (χ1) is 12.4. The molecular weight excluding hydrogens is 456 g/mol. The summed E-state index contributed by atoms with van der Waals surface area (Å²) in [6.45, 7) is 7.49. The summed E-state index contributed by atoms with van der Waals surface area (Å²) in [7, 11) is 0. The van der Waals surface area contributed by atoms with E-state index in [2.05, 4.69) is 45.4 Å². The van der Waals surface area contributed by atoms with Gasteiger partial charge < -0.3 is 4.74 Å². The van der Waals surface area contributed by atoms with E-state index < -0.39 is 0 Å². The summed E-state index contributed by atoms with van der Waals surface area (Å²) >= 11 is 7.63. The molecule has 2 unspecified atom stereocenters. The highest BCUT2D eigenvalue weighted by atomic mass is 79.9. The van der Waals surface area contributed by atoms with E-state index in [-0.39, 0.29) is 5.97 Å². The Balaban J connectivity index is 2.25. The largest absolute Gasteiger partial charge is 0.423 e. The topological polar surface area (TPSA) is 26.3 Å². The standard InChI is InChI=1S/C22H32Br2O2/c1-4-5-6-7-9-19(23)10-8-11-20(24)16-18-12-14-21(15-13-18)26-22(25)17(2)3/h12-15,19-20H,2,4-11,16H2,1,3H3. The molecule has 0 saturated carbocycles. The van der Waals surface area contributed by atoms with Crippen molar-refractivity contribution in [1.29, 1.82) is 0 Å². The number of rotatable bonds is 13. The number of benzene rings is 1. The molecule has 1 aromatic rings. The highest BCUT2D eigenvalue weighted by Crippen LogP contribution is 2.22. The van der Waals surface area contributed by atoms with E-state index in [0.29, 0.717) is 21.0 Å². The van der Waals surface area contributed by atoms with E-state index in [1.54, 1.807) is 6.92 Å². The third-order valence-corrected chi connectivity index (χ3v) is 6.04. The van der Waals surface area contributed by atoms with E-state index in [9.17, 15) is 4.79 Å². The van der Waals surface area contributed by atoms with Crippen LogP contribution in [0.4, 0.5) is 0 Å². The smallest absolute Gasteiger partial charge is 0.338 e. The minimum atomic E-state index is -0.380. The van der Waals surface area contributed by atoms with Gasteiger partial charge in [0.05, 0.1) is 0 Å². The maximum absolute atomic E-state index is 11.5. The van der Waals surface area contributed by atoms with Crippen molar-refractivity contribution in [2.45, 2.75) is 81.3 Å². The summed E-state index contributed by atoms with van der Waals surface area (Å²) in [5, 5.41) is 0. The molecule has 146 valence electrons. The number of esters is 1. The molecule has 26 heavy (non-hydrogen) atoms. The van der Waals surface area contributed by atoms with Crippen LogP contribution in [-0.2, 0) is 11.2 Å². The number of alkyl halides is 2. The zero-order valence-electron chi connectivity index (χ0n) is 16.1. The predicted molar refractivity (Wildman–Crippen MR) is 119 cm³/mol. The molecule has 0 N–H and O–H groups in total. The maximum Gasteiger partial charge on any atom is 0.338 e. The van der Waals surface area contributed by atoms with Gasteiger partial charge >= 0.3 is 5.97 Å². The van der Waals surface area contributed by atoms with Gasteiger partial charge in [0.25, 0.3) is 0 Å². The average Bonchev–Trinajstić information content (AvgIpc) is 2.60. The van der Waals surface area contributed by atoms with Crippen LogP contribution in [0, 0.1) is 0 Å². The molecule has 0 bridgehead atoms. The van der Waals surface area contributed by atoms with Crippen LogP contribution in [0.2, 0.25) is 0 Å². The molecule has 0 radical (unpaired) electrons. The van der Waals surface area contributed by atoms with Crippen molar-refractivity contribution in [2.24, 2.45) is 0 Å². The van der Waals surface area contributed by atoms with Crippen molar-refractivity contribution in [2.75, 3.05) is 0 Å². The molecule has 1 aromatic carbocycles. The van der Waals surface area contributed by atoms with Crippen LogP contribution in [0.1, 0.15) is 70.8 Å². The Bertz CT molecular complexity index is 540. The average molecular weight is 488 g/mol. The van der Waals surface area contributed by atoms with Gasteiger partial charge in [0, 0.05) is 15.2 Å². The van der Waals surface area contributed by atoms with E-state index in [1.807, 2.05) is 24.3 Å². The third kappa shape index (κ3) is 10.5. The third-order valence-electron chi connectivity index (χ3n) is 4.35. The van der Waals surface area contributed by atoms with E-state index >= 15 is 0 Å². The monoisotopic (exact) mass is 486 g/mol. The molecule has 0 amide bonds. The lowest BCUT2D eigenvalue weighted by atomic mass is 10.0. The quantitative estimate of drug-likeness (QED) is 0.0953. The molecule has 0 aromatic heterocycles. The first-order valence-corrected chi connectivity index (χ1v) is 11.5. The second-order valence-corrected chi connectivity index (χ2v) is 9.58. The maximum atomic E-state index is 11.5. The minimum Gasteiger partial charge on any atom is -0.423 e. The molecule has 0 aliphatic rings.